The van der Waals surface area contributed by atoms with Gasteiger partial charge in [0.05, 0.1) is 79.9 Å². The predicted molar refractivity (Wildman–Crippen MR) is 318 cm³/mol. The summed E-state index contributed by atoms with van der Waals surface area (Å²) >= 11 is 0. The first-order valence-electron chi connectivity index (χ1n) is 29.4. The normalized spacial score (nSPS) is 12.9. The first kappa shape index (κ1) is 62.5. The molecule has 0 aliphatic carbocycles. The van der Waals surface area contributed by atoms with Gasteiger partial charge in [-0.3, -0.25) is 0 Å². The van der Waals surface area contributed by atoms with Crippen molar-refractivity contribution in [2.45, 2.75) is 174 Å². The van der Waals surface area contributed by atoms with Crippen LogP contribution in [0.4, 0.5) is 0 Å². The minimum atomic E-state index is 0. The quantitative estimate of drug-likeness (QED) is 0.0287. The van der Waals surface area contributed by atoms with Crippen molar-refractivity contribution >= 4 is 0 Å². The lowest BCUT2D eigenvalue weighted by Crippen LogP contribution is -3.00. The van der Waals surface area contributed by atoms with E-state index in [1.807, 2.05) is 72.8 Å². The third-order valence-electron chi connectivity index (χ3n) is 15.3. The summed E-state index contributed by atoms with van der Waals surface area (Å²) in [4.78, 5) is 0. The molecular weight excluding hydrogens is 1020 g/mol. The first-order chi connectivity index (χ1) is 37.8. The van der Waals surface area contributed by atoms with Crippen LogP contribution >= 0.6 is 0 Å². The maximum atomic E-state index is 9.50. The minimum absolute atomic E-state index is 0. The lowest BCUT2D eigenvalue weighted by atomic mass is 10.0. The molecule has 78 heavy (non-hydrogen) atoms. The Kier molecular flexibility index (Phi) is 28.2. The Morgan fingerprint density at radius 3 is 0.859 bits per heavy atom. The summed E-state index contributed by atoms with van der Waals surface area (Å²) in [5.74, 6) is 2.73. The van der Waals surface area contributed by atoms with E-state index in [4.69, 9.17) is 14.2 Å². The van der Waals surface area contributed by atoms with Crippen molar-refractivity contribution in [2.24, 2.45) is 0 Å². The maximum Gasteiger partial charge on any atom is 0.127 e. The molecule has 7 nitrogen and oxygen atoms in total. The van der Waals surface area contributed by atoms with Crippen LogP contribution in [-0.4, -0.2) is 49.5 Å². The van der Waals surface area contributed by atoms with Gasteiger partial charge in [0, 0.05) is 36.0 Å². The monoisotopic (exact) mass is 1110 g/mol. The average Bonchev–Trinajstić information content (AvgIpc) is 3.48. The molecule has 6 aromatic rings. The molecule has 0 spiro atoms. The van der Waals surface area contributed by atoms with E-state index < -0.39 is 0 Å². The van der Waals surface area contributed by atoms with E-state index in [-0.39, 0.29) is 35.3 Å². The van der Waals surface area contributed by atoms with E-state index in [0.29, 0.717) is 16.7 Å². The zero-order valence-electron chi connectivity index (χ0n) is 47.5. The Morgan fingerprint density at radius 2 is 0.603 bits per heavy atom. The highest BCUT2D eigenvalue weighted by Gasteiger charge is 2.26. The SMILES string of the molecule is CCCCCCC(CCC[N+](C)(CCCC(CCCCCC)Oc1ccccc1-c1ccc(C#N)cc1)CCCC(CCCCCC)Oc1ccccc1-c1ccc(C#N)cc1)Oc1ccccc1-c1ccc(C#N)cc1.[Br-]. The van der Waals surface area contributed by atoms with Gasteiger partial charge < -0.3 is 35.7 Å². The van der Waals surface area contributed by atoms with Crippen LogP contribution in [0.5, 0.6) is 17.2 Å². The van der Waals surface area contributed by atoms with Crippen LogP contribution in [0.2, 0.25) is 0 Å². The number of halogens is 1. The summed E-state index contributed by atoms with van der Waals surface area (Å²) in [6, 6.07) is 55.5. The van der Waals surface area contributed by atoms with Crippen molar-refractivity contribution in [2.75, 3.05) is 26.7 Å². The van der Waals surface area contributed by atoms with Gasteiger partial charge in [-0.05, 0) is 129 Å². The van der Waals surface area contributed by atoms with E-state index in [1.165, 1.54) is 57.8 Å². The molecule has 0 radical (unpaired) electrons. The predicted octanol–water partition coefficient (Wildman–Crippen LogP) is 15.6. The molecule has 412 valence electrons. The Balaban J connectivity index is 0.0000112. The molecule has 0 bridgehead atoms. The Hall–Kier alpha value is -6.37. The second-order valence-corrected chi connectivity index (χ2v) is 21.5. The summed E-state index contributed by atoms with van der Waals surface area (Å²) in [6.07, 6.45) is 23.8. The fourth-order valence-corrected chi connectivity index (χ4v) is 10.8. The molecule has 6 rings (SSSR count). The summed E-state index contributed by atoms with van der Waals surface area (Å²) in [6.45, 7) is 9.98. The van der Waals surface area contributed by atoms with Gasteiger partial charge in [0.2, 0.25) is 0 Å². The highest BCUT2D eigenvalue weighted by molar-refractivity contribution is 5.73. The second kappa shape index (κ2) is 35.2. The average molecular weight is 1110 g/mol. The highest BCUT2D eigenvalue weighted by Crippen LogP contribution is 2.36. The zero-order chi connectivity index (χ0) is 54.3. The van der Waals surface area contributed by atoms with Gasteiger partial charge in [0.25, 0.3) is 0 Å². The Bertz CT molecular complexity index is 2460. The van der Waals surface area contributed by atoms with Gasteiger partial charge in [-0.15, -0.1) is 0 Å². The number of hydrogen-bond acceptors (Lipinski definition) is 6. The minimum Gasteiger partial charge on any atom is -1.00 e. The van der Waals surface area contributed by atoms with E-state index in [0.717, 1.165) is 152 Å². The van der Waals surface area contributed by atoms with Crippen LogP contribution in [0, 0.1) is 34.0 Å². The molecule has 0 amide bonds. The molecular formula is C70H87BrN4O3. The van der Waals surface area contributed by atoms with E-state index in [2.05, 4.69) is 119 Å². The van der Waals surface area contributed by atoms with Crippen LogP contribution in [0.15, 0.2) is 146 Å². The number of quaternary nitrogens is 1. The van der Waals surface area contributed by atoms with Crippen molar-refractivity contribution in [1.82, 2.24) is 0 Å². The number of nitrogens with zero attached hydrogens (tertiary/aromatic N) is 4. The molecule has 0 aliphatic heterocycles. The third-order valence-corrected chi connectivity index (χ3v) is 15.3. The van der Waals surface area contributed by atoms with Gasteiger partial charge in [0.15, 0.2) is 0 Å². The van der Waals surface area contributed by atoms with Crippen molar-refractivity contribution in [3.63, 3.8) is 0 Å². The highest BCUT2D eigenvalue weighted by atomic mass is 79.9. The molecule has 8 heteroatoms. The van der Waals surface area contributed by atoms with E-state index >= 15 is 0 Å². The summed E-state index contributed by atoms with van der Waals surface area (Å²) < 4.78 is 22.2. The van der Waals surface area contributed by atoms with E-state index in [9.17, 15) is 15.8 Å². The van der Waals surface area contributed by atoms with Crippen LogP contribution < -0.4 is 31.2 Å². The standard InChI is InChI=1S/C70H87N4O3.BrH/c1-5-8-11-14-26-62(75-68-35-20-17-32-65(68)59-44-38-56(53-71)39-45-59)29-23-50-74(4,51-24-30-63(27-15-12-9-6-2)76-69-36-21-18-33-66(69)60-46-40-57(54-72)41-47-60)52-25-31-64(28-16-13-10-7-3)77-70-37-22-19-34-67(70)61-48-42-58(55-73)43-49-61;/h17-22,32-49,62-64H,5-16,23-31,50-52H2,1-4H3;1H/q+1;/p-1. The molecule has 0 saturated carbocycles. The first-order valence-corrected chi connectivity index (χ1v) is 29.4. The van der Waals surface area contributed by atoms with Crippen LogP contribution in [-0.2, 0) is 0 Å². The van der Waals surface area contributed by atoms with Crippen molar-refractivity contribution in [3.05, 3.63) is 162 Å². The molecule has 3 unspecified atom stereocenters. The summed E-state index contributed by atoms with van der Waals surface area (Å²) in [5.41, 5.74) is 8.33. The number of benzene rings is 6. The fraction of sp³-hybridized carbons (Fsp3) is 0.443. The van der Waals surface area contributed by atoms with Gasteiger partial charge in [-0.25, -0.2) is 0 Å². The third kappa shape index (κ3) is 20.8. The second-order valence-electron chi connectivity index (χ2n) is 21.5. The topological polar surface area (TPSA) is 99.1 Å². The Morgan fingerprint density at radius 1 is 0.346 bits per heavy atom. The number of rotatable bonds is 36. The van der Waals surface area contributed by atoms with Crippen molar-refractivity contribution < 1.29 is 35.7 Å². The van der Waals surface area contributed by atoms with Crippen LogP contribution in [0.3, 0.4) is 0 Å². The number of unbranched alkanes of at least 4 members (excludes halogenated alkanes) is 9. The van der Waals surface area contributed by atoms with Gasteiger partial charge in [-0.2, -0.15) is 15.8 Å². The van der Waals surface area contributed by atoms with Crippen molar-refractivity contribution in [1.29, 1.82) is 15.8 Å². The molecule has 3 atom stereocenters. The Labute approximate surface area is 480 Å². The summed E-state index contributed by atoms with van der Waals surface area (Å²) in [5, 5.41) is 28.5. The van der Waals surface area contributed by atoms with Gasteiger partial charge >= 0.3 is 0 Å². The van der Waals surface area contributed by atoms with E-state index in [1.54, 1.807) is 0 Å². The van der Waals surface area contributed by atoms with Gasteiger partial charge in [-0.1, -0.05) is 170 Å². The summed E-state index contributed by atoms with van der Waals surface area (Å²) in [7, 11) is 2.49. The van der Waals surface area contributed by atoms with Crippen molar-refractivity contribution in [3.8, 4) is 68.8 Å². The number of nitriles is 3. The molecule has 0 fully saturated rings. The molecule has 0 N–H and O–H groups in total. The largest absolute Gasteiger partial charge is 1.00 e. The zero-order valence-corrected chi connectivity index (χ0v) is 49.0. The molecule has 0 heterocycles. The smallest absolute Gasteiger partial charge is 0.127 e. The lowest BCUT2D eigenvalue weighted by Gasteiger charge is -2.36. The molecule has 0 aliphatic rings. The number of ether oxygens (including phenoxy) is 3. The molecule has 6 aromatic carbocycles. The van der Waals surface area contributed by atoms with Crippen LogP contribution in [0.25, 0.3) is 33.4 Å². The number of hydrogen-bond donors (Lipinski definition) is 0. The molecule has 0 saturated heterocycles. The number of para-hydroxylation sites is 3. The fourth-order valence-electron chi connectivity index (χ4n) is 10.8. The lowest BCUT2D eigenvalue weighted by molar-refractivity contribution is -0.910. The van der Waals surface area contributed by atoms with Gasteiger partial charge in [0.1, 0.15) is 17.2 Å². The molecule has 0 aromatic heterocycles. The van der Waals surface area contributed by atoms with Crippen LogP contribution in [0.1, 0.15) is 172 Å². The maximum absolute atomic E-state index is 9.50.